The van der Waals surface area contributed by atoms with Gasteiger partial charge in [-0.15, -0.1) is 10.2 Å². The van der Waals surface area contributed by atoms with E-state index < -0.39 is 11.9 Å². The zero-order chi connectivity index (χ0) is 20.8. The summed E-state index contributed by atoms with van der Waals surface area (Å²) in [5, 5.41) is 10.6. The highest BCUT2D eigenvalue weighted by atomic mass is 32.2. The van der Waals surface area contributed by atoms with E-state index >= 15 is 0 Å². The molecule has 0 aliphatic rings. The van der Waals surface area contributed by atoms with Crippen LogP contribution in [0.4, 0.5) is 8.78 Å². The van der Waals surface area contributed by atoms with Crippen LogP contribution in [0.15, 0.2) is 64.2 Å². The van der Waals surface area contributed by atoms with Gasteiger partial charge in [-0.2, -0.15) is 8.78 Å². The standard InChI is InChI=1S/C20H19F2N3O3S/c1-12(14-6-4-3-5-7-14)23-17(26)13(2)29-20-25-24-18(28-20)15-8-10-16(11-9-15)27-19(21)22/h3-13,19H,1-2H3,(H,23,26). The van der Waals surface area contributed by atoms with Crippen molar-refractivity contribution in [3.8, 4) is 17.2 Å². The molecule has 6 nitrogen and oxygen atoms in total. The highest BCUT2D eigenvalue weighted by molar-refractivity contribution is 8.00. The van der Waals surface area contributed by atoms with Gasteiger partial charge in [-0.05, 0) is 43.7 Å². The van der Waals surface area contributed by atoms with Crippen LogP contribution in [0.3, 0.4) is 0 Å². The first-order valence-corrected chi connectivity index (χ1v) is 9.71. The van der Waals surface area contributed by atoms with Gasteiger partial charge in [0.15, 0.2) is 0 Å². The molecule has 0 fully saturated rings. The van der Waals surface area contributed by atoms with Gasteiger partial charge in [0.2, 0.25) is 11.8 Å². The molecule has 2 unspecified atom stereocenters. The molecular weight excluding hydrogens is 400 g/mol. The number of nitrogens with one attached hydrogen (secondary N) is 1. The van der Waals surface area contributed by atoms with E-state index in [-0.39, 0.29) is 28.8 Å². The quantitative estimate of drug-likeness (QED) is 0.534. The number of hydrogen-bond donors (Lipinski definition) is 1. The van der Waals surface area contributed by atoms with Gasteiger partial charge in [-0.25, -0.2) is 0 Å². The maximum absolute atomic E-state index is 12.4. The fourth-order valence-corrected chi connectivity index (χ4v) is 3.21. The molecular formula is C20H19F2N3O3S. The molecule has 0 aliphatic heterocycles. The smallest absolute Gasteiger partial charge is 0.387 e. The number of aromatic nitrogens is 2. The molecule has 0 aliphatic carbocycles. The molecule has 2 aromatic carbocycles. The van der Waals surface area contributed by atoms with Crippen molar-refractivity contribution in [2.45, 2.75) is 37.0 Å². The van der Waals surface area contributed by atoms with E-state index in [2.05, 4.69) is 20.3 Å². The minimum Gasteiger partial charge on any atom is -0.435 e. The van der Waals surface area contributed by atoms with Gasteiger partial charge < -0.3 is 14.5 Å². The summed E-state index contributed by atoms with van der Waals surface area (Å²) >= 11 is 1.14. The molecule has 1 amide bonds. The molecule has 3 aromatic rings. The highest BCUT2D eigenvalue weighted by Gasteiger charge is 2.20. The number of thioether (sulfide) groups is 1. The Morgan fingerprint density at radius 3 is 2.41 bits per heavy atom. The van der Waals surface area contributed by atoms with Gasteiger partial charge in [-0.3, -0.25) is 4.79 Å². The Bertz CT molecular complexity index is 936. The van der Waals surface area contributed by atoms with Crippen LogP contribution in [0, 0.1) is 0 Å². The molecule has 0 bridgehead atoms. The molecule has 1 N–H and O–H groups in total. The number of carbonyl (C=O) groups excluding carboxylic acids is 1. The Morgan fingerprint density at radius 2 is 1.76 bits per heavy atom. The van der Waals surface area contributed by atoms with E-state index in [1.165, 1.54) is 24.3 Å². The monoisotopic (exact) mass is 419 g/mol. The Labute approximate surface area is 170 Å². The first kappa shape index (κ1) is 20.8. The zero-order valence-corrected chi connectivity index (χ0v) is 16.5. The summed E-state index contributed by atoms with van der Waals surface area (Å²) in [5.41, 5.74) is 1.57. The van der Waals surface area contributed by atoms with E-state index in [4.69, 9.17) is 4.42 Å². The first-order valence-electron chi connectivity index (χ1n) is 8.83. The third kappa shape index (κ3) is 5.77. The van der Waals surface area contributed by atoms with Gasteiger partial charge in [-0.1, -0.05) is 42.1 Å². The van der Waals surface area contributed by atoms with Crippen LogP contribution >= 0.6 is 11.8 Å². The lowest BCUT2D eigenvalue weighted by atomic mass is 10.1. The van der Waals surface area contributed by atoms with Crippen LogP contribution in [0.1, 0.15) is 25.5 Å². The molecule has 0 radical (unpaired) electrons. The Balaban J connectivity index is 1.58. The fraction of sp³-hybridized carbons (Fsp3) is 0.250. The van der Waals surface area contributed by atoms with Crippen molar-refractivity contribution in [2.24, 2.45) is 0 Å². The minimum absolute atomic E-state index is 0.0377. The largest absolute Gasteiger partial charge is 0.435 e. The van der Waals surface area contributed by atoms with Gasteiger partial charge >= 0.3 is 6.61 Å². The van der Waals surface area contributed by atoms with Crippen LogP contribution < -0.4 is 10.1 Å². The molecule has 1 heterocycles. The number of alkyl halides is 2. The highest BCUT2D eigenvalue weighted by Crippen LogP contribution is 2.28. The summed E-state index contributed by atoms with van der Waals surface area (Å²) in [6, 6.07) is 15.4. The van der Waals surface area contributed by atoms with Crippen LogP contribution in [-0.4, -0.2) is 28.0 Å². The molecule has 3 rings (SSSR count). The maximum atomic E-state index is 12.4. The number of rotatable bonds is 8. The molecule has 0 saturated carbocycles. The van der Waals surface area contributed by atoms with Crippen molar-refractivity contribution in [3.05, 3.63) is 60.2 Å². The lowest BCUT2D eigenvalue weighted by Crippen LogP contribution is -2.33. The SMILES string of the molecule is CC(Sc1nnc(-c2ccc(OC(F)F)cc2)o1)C(=O)NC(C)c1ccccc1. The number of ether oxygens (including phenoxy) is 1. The molecule has 152 valence electrons. The topological polar surface area (TPSA) is 77.2 Å². The number of amides is 1. The number of halogens is 2. The van der Waals surface area contributed by atoms with Crippen LogP contribution in [-0.2, 0) is 4.79 Å². The lowest BCUT2D eigenvalue weighted by molar-refractivity contribution is -0.120. The van der Waals surface area contributed by atoms with Gasteiger partial charge in [0.25, 0.3) is 5.22 Å². The Hall–Kier alpha value is -2.94. The van der Waals surface area contributed by atoms with E-state index in [1.54, 1.807) is 6.92 Å². The average molecular weight is 419 g/mol. The summed E-state index contributed by atoms with van der Waals surface area (Å²) in [6.07, 6.45) is 0. The van der Waals surface area contributed by atoms with Crippen molar-refractivity contribution >= 4 is 17.7 Å². The normalized spacial score (nSPS) is 13.1. The third-order valence-corrected chi connectivity index (χ3v) is 4.97. The number of hydrogen-bond acceptors (Lipinski definition) is 6. The molecule has 1 aromatic heterocycles. The van der Waals surface area contributed by atoms with Gasteiger partial charge in [0, 0.05) is 5.56 Å². The second kappa shape index (κ2) is 9.51. The number of benzene rings is 2. The van der Waals surface area contributed by atoms with Crippen LogP contribution in [0.25, 0.3) is 11.5 Å². The number of carbonyl (C=O) groups is 1. The summed E-state index contributed by atoms with van der Waals surface area (Å²) < 4.78 is 34.3. The predicted octanol–water partition coefficient (Wildman–Crippen LogP) is 4.70. The predicted molar refractivity (Wildman–Crippen MR) is 105 cm³/mol. The van der Waals surface area contributed by atoms with Crippen LogP contribution in [0.5, 0.6) is 5.75 Å². The fourth-order valence-electron chi connectivity index (χ4n) is 2.51. The molecule has 2 atom stereocenters. The summed E-state index contributed by atoms with van der Waals surface area (Å²) in [6.45, 7) is 0.777. The second-order valence-electron chi connectivity index (χ2n) is 6.18. The number of nitrogens with zero attached hydrogens (tertiary/aromatic N) is 2. The molecule has 0 spiro atoms. The summed E-state index contributed by atoms with van der Waals surface area (Å²) in [4.78, 5) is 12.4. The van der Waals surface area contributed by atoms with Crippen molar-refractivity contribution in [3.63, 3.8) is 0 Å². The Morgan fingerprint density at radius 1 is 1.07 bits per heavy atom. The van der Waals surface area contributed by atoms with Crippen molar-refractivity contribution < 1.29 is 22.7 Å². The van der Waals surface area contributed by atoms with E-state index in [0.29, 0.717) is 5.56 Å². The van der Waals surface area contributed by atoms with Crippen LogP contribution in [0.2, 0.25) is 0 Å². The van der Waals surface area contributed by atoms with Crippen molar-refractivity contribution in [1.82, 2.24) is 15.5 Å². The lowest BCUT2D eigenvalue weighted by Gasteiger charge is -2.16. The van der Waals surface area contributed by atoms with Crippen molar-refractivity contribution in [2.75, 3.05) is 0 Å². The summed E-state index contributed by atoms with van der Waals surface area (Å²) in [5.74, 6) is 0.108. The maximum Gasteiger partial charge on any atom is 0.387 e. The van der Waals surface area contributed by atoms with E-state index in [1.807, 2.05) is 37.3 Å². The molecule has 9 heteroatoms. The Kier molecular flexibility index (Phi) is 6.82. The van der Waals surface area contributed by atoms with E-state index in [9.17, 15) is 13.6 Å². The summed E-state index contributed by atoms with van der Waals surface area (Å²) in [7, 11) is 0. The third-order valence-electron chi connectivity index (χ3n) is 4.04. The molecule has 29 heavy (non-hydrogen) atoms. The van der Waals surface area contributed by atoms with Gasteiger partial charge in [0.1, 0.15) is 5.75 Å². The average Bonchev–Trinajstić information content (AvgIpc) is 3.17. The minimum atomic E-state index is -2.88. The molecule has 0 saturated heterocycles. The van der Waals surface area contributed by atoms with Crippen molar-refractivity contribution in [1.29, 1.82) is 0 Å². The zero-order valence-electron chi connectivity index (χ0n) is 15.7. The van der Waals surface area contributed by atoms with Gasteiger partial charge in [0.05, 0.1) is 11.3 Å². The first-order chi connectivity index (χ1) is 13.9. The van der Waals surface area contributed by atoms with E-state index in [0.717, 1.165) is 17.3 Å². The second-order valence-corrected chi connectivity index (χ2v) is 7.47.